The van der Waals surface area contributed by atoms with E-state index in [4.69, 9.17) is 5.73 Å². The van der Waals surface area contributed by atoms with Gasteiger partial charge in [0.2, 0.25) is 0 Å². The van der Waals surface area contributed by atoms with Crippen LogP contribution in [0.15, 0.2) is 22.7 Å². The Hall–Kier alpha value is -0.830. The van der Waals surface area contributed by atoms with Gasteiger partial charge < -0.3 is 5.73 Å². The van der Waals surface area contributed by atoms with Crippen LogP contribution in [0.5, 0.6) is 0 Å². The first-order valence-electron chi connectivity index (χ1n) is 4.77. The van der Waals surface area contributed by atoms with Crippen molar-refractivity contribution in [2.24, 2.45) is 5.92 Å². The molecule has 1 aromatic carbocycles. The molecule has 2 nitrogen and oxygen atoms in total. The Bertz CT molecular complexity index is 372. The molecule has 1 saturated carbocycles. The highest BCUT2D eigenvalue weighted by atomic mass is 79.9. The second-order valence-corrected chi connectivity index (χ2v) is 4.64. The van der Waals surface area contributed by atoms with Crippen LogP contribution in [0.2, 0.25) is 0 Å². The van der Waals surface area contributed by atoms with E-state index in [9.17, 15) is 4.79 Å². The van der Waals surface area contributed by atoms with Crippen molar-refractivity contribution >= 4 is 27.4 Å². The van der Waals surface area contributed by atoms with Gasteiger partial charge in [0.1, 0.15) is 0 Å². The Morgan fingerprint density at radius 1 is 1.43 bits per heavy atom. The van der Waals surface area contributed by atoms with Crippen LogP contribution in [-0.4, -0.2) is 5.78 Å². The van der Waals surface area contributed by atoms with Crippen LogP contribution in [0.4, 0.5) is 5.69 Å². The molecule has 1 aromatic rings. The molecule has 0 heterocycles. The summed E-state index contributed by atoms with van der Waals surface area (Å²) < 4.78 is 0.917. The minimum absolute atomic E-state index is 0.209. The molecule has 0 atom stereocenters. The number of hydrogen-bond acceptors (Lipinski definition) is 2. The van der Waals surface area contributed by atoms with E-state index < -0.39 is 0 Å². The van der Waals surface area contributed by atoms with Crippen LogP contribution in [-0.2, 0) is 0 Å². The second kappa shape index (κ2) is 3.73. The summed E-state index contributed by atoms with van der Waals surface area (Å²) in [6.45, 7) is 0. The van der Waals surface area contributed by atoms with Gasteiger partial charge in [0.15, 0.2) is 5.78 Å². The van der Waals surface area contributed by atoms with Gasteiger partial charge in [-0.3, -0.25) is 4.79 Å². The number of rotatable bonds is 2. The van der Waals surface area contributed by atoms with Gasteiger partial charge in [0.05, 0.1) is 0 Å². The van der Waals surface area contributed by atoms with Crippen LogP contribution >= 0.6 is 15.9 Å². The molecule has 1 aliphatic carbocycles. The lowest BCUT2D eigenvalue weighted by atomic mass is 9.79. The number of nitrogen functional groups attached to an aromatic ring is 1. The van der Waals surface area contributed by atoms with Crippen LogP contribution in [0.1, 0.15) is 29.6 Å². The highest BCUT2D eigenvalue weighted by Gasteiger charge is 2.27. The Balaban J connectivity index is 2.26. The van der Waals surface area contributed by atoms with E-state index in [-0.39, 0.29) is 11.7 Å². The fourth-order valence-electron chi connectivity index (χ4n) is 1.65. The van der Waals surface area contributed by atoms with Gasteiger partial charge in [-0.25, -0.2) is 0 Å². The molecular weight excluding hydrogens is 242 g/mol. The molecule has 0 aromatic heterocycles. The van der Waals surface area contributed by atoms with Crippen molar-refractivity contribution in [1.82, 2.24) is 0 Å². The fraction of sp³-hybridized carbons (Fsp3) is 0.364. The number of benzene rings is 1. The Morgan fingerprint density at radius 3 is 2.64 bits per heavy atom. The number of Topliss-reactive ketones (excluding diaryl/α,β-unsaturated/α-hetero) is 1. The summed E-state index contributed by atoms with van der Waals surface area (Å²) in [5, 5.41) is 0. The summed E-state index contributed by atoms with van der Waals surface area (Å²) >= 11 is 3.32. The average Bonchev–Trinajstić information content (AvgIpc) is 2.00. The molecule has 1 fully saturated rings. The van der Waals surface area contributed by atoms with Crippen LogP contribution < -0.4 is 5.73 Å². The number of nitrogens with two attached hydrogens (primary N) is 1. The molecule has 0 amide bonds. The van der Waals surface area contributed by atoms with Crippen molar-refractivity contribution in [3.05, 3.63) is 28.2 Å². The lowest BCUT2D eigenvalue weighted by Gasteiger charge is -2.24. The summed E-state index contributed by atoms with van der Waals surface area (Å²) in [4.78, 5) is 11.9. The molecular formula is C11H12BrNO. The summed E-state index contributed by atoms with van der Waals surface area (Å²) in [7, 11) is 0. The van der Waals surface area contributed by atoms with E-state index in [0.29, 0.717) is 11.3 Å². The predicted octanol–water partition coefficient (Wildman–Crippen LogP) is 3.01. The first-order valence-corrected chi connectivity index (χ1v) is 5.57. The van der Waals surface area contributed by atoms with Gasteiger partial charge in [-0.15, -0.1) is 0 Å². The van der Waals surface area contributed by atoms with Gasteiger partial charge in [-0.05, 0) is 31.0 Å². The van der Waals surface area contributed by atoms with Gasteiger partial charge in [-0.1, -0.05) is 22.4 Å². The van der Waals surface area contributed by atoms with E-state index in [1.54, 1.807) is 12.1 Å². The summed E-state index contributed by atoms with van der Waals surface area (Å²) in [5.41, 5.74) is 7.05. The van der Waals surface area contributed by atoms with Gasteiger partial charge >= 0.3 is 0 Å². The number of carbonyl (C=O) groups is 1. The zero-order valence-corrected chi connectivity index (χ0v) is 9.38. The van der Waals surface area contributed by atoms with E-state index in [2.05, 4.69) is 15.9 Å². The largest absolute Gasteiger partial charge is 0.398 e. The maximum Gasteiger partial charge on any atom is 0.168 e. The molecule has 14 heavy (non-hydrogen) atoms. The van der Waals surface area contributed by atoms with Crippen molar-refractivity contribution in [2.45, 2.75) is 19.3 Å². The van der Waals surface area contributed by atoms with Crippen LogP contribution in [0.3, 0.4) is 0 Å². The van der Waals surface area contributed by atoms with Crippen molar-refractivity contribution in [1.29, 1.82) is 0 Å². The lowest BCUT2D eigenvalue weighted by Crippen LogP contribution is -2.22. The number of anilines is 1. The maximum absolute atomic E-state index is 11.9. The smallest absolute Gasteiger partial charge is 0.168 e. The van der Waals surface area contributed by atoms with Crippen LogP contribution in [0, 0.1) is 5.92 Å². The molecule has 0 aliphatic heterocycles. The SMILES string of the molecule is Nc1cc(Br)ccc1C(=O)C1CCC1. The molecule has 2 N–H and O–H groups in total. The summed E-state index contributed by atoms with van der Waals surface area (Å²) in [5.74, 6) is 0.430. The minimum Gasteiger partial charge on any atom is -0.398 e. The van der Waals surface area contributed by atoms with Gasteiger partial charge in [0, 0.05) is 21.6 Å². The Kier molecular flexibility index (Phi) is 2.59. The highest BCUT2D eigenvalue weighted by Crippen LogP contribution is 2.31. The third kappa shape index (κ3) is 1.69. The maximum atomic E-state index is 11.9. The normalized spacial score (nSPS) is 16.4. The molecule has 1 aliphatic rings. The number of carbonyl (C=O) groups excluding carboxylic acids is 1. The zero-order valence-electron chi connectivity index (χ0n) is 7.79. The first kappa shape index (κ1) is 9.71. The van der Waals surface area contributed by atoms with Crippen molar-refractivity contribution in [3.63, 3.8) is 0 Å². The highest BCUT2D eigenvalue weighted by molar-refractivity contribution is 9.10. The molecule has 3 heteroatoms. The van der Waals surface area contributed by atoms with Crippen molar-refractivity contribution in [2.75, 3.05) is 5.73 Å². The number of hydrogen-bond donors (Lipinski definition) is 1. The summed E-state index contributed by atoms with van der Waals surface area (Å²) in [6, 6.07) is 5.45. The van der Waals surface area contributed by atoms with Crippen molar-refractivity contribution in [3.8, 4) is 0 Å². The molecule has 2 rings (SSSR count). The molecule has 0 spiro atoms. The first-order chi connectivity index (χ1) is 6.68. The van der Waals surface area contributed by atoms with Crippen LogP contribution in [0.25, 0.3) is 0 Å². The number of ketones is 1. The van der Waals surface area contributed by atoms with E-state index >= 15 is 0 Å². The van der Waals surface area contributed by atoms with Crippen molar-refractivity contribution < 1.29 is 4.79 Å². The average molecular weight is 254 g/mol. The fourth-order valence-corrected chi connectivity index (χ4v) is 2.03. The molecule has 0 unspecified atom stereocenters. The standard InChI is InChI=1S/C11H12BrNO/c12-8-4-5-9(10(13)6-8)11(14)7-2-1-3-7/h4-7H,1-3,13H2. The molecule has 74 valence electrons. The number of halogens is 1. The van der Waals surface area contributed by atoms with E-state index in [1.165, 1.54) is 6.42 Å². The lowest BCUT2D eigenvalue weighted by molar-refractivity contribution is 0.0856. The van der Waals surface area contributed by atoms with Gasteiger partial charge in [-0.2, -0.15) is 0 Å². The molecule has 0 radical (unpaired) electrons. The van der Waals surface area contributed by atoms with Gasteiger partial charge in [0.25, 0.3) is 0 Å². The minimum atomic E-state index is 0.209. The summed E-state index contributed by atoms with van der Waals surface area (Å²) in [6.07, 6.45) is 3.22. The predicted molar refractivity (Wildman–Crippen MR) is 60.2 cm³/mol. The molecule has 0 saturated heterocycles. The third-order valence-electron chi connectivity index (χ3n) is 2.76. The third-order valence-corrected chi connectivity index (χ3v) is 3.25. The second-order valence-electron chi connectivity index (χ2n) is 3.72. The Morgan fingerprint density at radius 2 is 2.14 bits per heavy atom. The Labute approximate surface area is 91.6 Å². The topological polar surface area (TPSA) is 43.1 Å². The molecule has 0 bridgehead atoms. The zero-order chi connectivity index (χ0) is 10.1. The monoisotopic (exact) mass is 253 g/mol. The quantitative estimate of drug-likeness (QED) is 0.651. The van der Waals surface area contributed by atoms with E-state index in [1.807, 2.05) is 6.07 Å². The van der Waals surface area contributed by atoms with E-state index in [0.717, 1.165) is 17.3 Å².